The first-order valence-electron chi connectivity index (χ1n) is 10.6. The Kier molecular flexibility index (Phi) is 6.37. The van der Waals surface area contributed by atoms with E-state index in [0.717, 1.165) is 40.8 Å². The van der Waals surface area contributed by atoms with Gasteiger partial charge in [0, 0.05) is 48.1 Å². The largest absolute Gasteiger partial charge is 0.480 e. The molecule has 0 aliphatic rings. The molecule has 0 amide bonds. The molecule has 6 nitrogen and oxygen atoms in total. The van der Waals surface area contributed by atoms with Crippen molar-refractivity contribution in [3.8, 4) is 11.3 Å². The third kappa shape index (κ3) is 4.73. The van der Waals surface area contributed by atoms with Crippen LogP contribution < -0.4 is 0 Å². The van der Waals surface area contributed by atoms with Gasteiger partial charge in [-0.3, -0.25) is 9.69 Å². The fourth-order valence-corrected chi connectivity index (χ4v) is 3.98. The minimum atomic E-state index is -0.825. The van der Waals surface area contributed by atoms with Gasteiger partial charge in [0.2, 0.25) is 0 Å². The third-order valence-corrected chi connectivity index (χ3v) is 5.71. The number of halogens is 1. The lowest BCUT2D eigenvalue weighted by Crippen LogP contribution is -2.37. The topological polar surface area (TPSA) is 71.5 Å². The summed E-state index contributed by atoms with van der Waals surface area (Å²) >= 11 is 0. The molecule has 0 bridgehead atoms. The molecular formula is C25H26FN3O3. The molecule has 2 aromatic carbocycles. The number of nitrogens with zero attached hydrogens (tertiary/aromatic N) is 3. The fraction of sp³-hybridized carbons (Fsp3) is 0.280. The number of aromatic nitrogens is 2. The van der Waals surface area contributed by atoms with Crippen molar-refractivity contribution in [1.82, 2.24) is 14.6 Å². The molecule has 0 fully saturated rings. The molecule has 32 heavy (non-hydrogen) atoms. The highest BCUT2D eigenvalue weighted by atomic mass is 19.1. The number of aryl methyl sites for hydroxylation is 2. The van der Waals surface area contributed by atoms with E-state index < -0.39 is 12.0 Å². The van der Waals surface area contributed by atoms with Crippen LogP contribution >= 0.6 is 0 Å². The van der Waals surface area contributed by atoms with Crippen LogP contribution in [-0.4, -0.2) is 45.8 Å². The monoisotopic (exact) mass is 435 g/mol. The van der Waals surface area contributed by atoms with Crippen LogP contribution in [0.1, 0.15) is 17.7 Å². The number of fused-ring (bicyclic) bond motifs is 1. The van der Waals surface area contributed by atoms with Crippen molar-refractivity contribution < 1.29 is 18.8 Å². The molecule has 2 heterocycles. The van der Waals surface area contributed by atoms with Gasteiger partial charge >= 0.3 is 5.97 Å². The van der Waals surface area contributed by atoms with E-state index in [9.17, 15) is 14.3 Å². The fourth-order valence-electron chi connectivity index (χ4n) is 3.98. The molecule has 166 valence electrons. The van der Waals surface area contributed by atoms with Gasteiger partial charge in [-0.15, -0.1) is 0 Å². The summed E-state index contributed by atoms with van der Waals surface area (Å²) in [5.74, 6) is -0.329. The molecule has 2 aromatic heterocycles. The maximum atomic E-state index is 13.1. The van der Waals surface area contributed by atoms with Crippen LogP contribution in [0.15, 0.2) is 65.3 Å². The molecular weight excluding hydrogens is 409 g/mol. The second-order valence-corrected chi connectivity index (χ2v) is 8.18. The van der Waals surface area contributed by atoms with Gasteiger partial charge in [-0.05, 0) is 56.4 Å². The summed E-state index contributed by atoms with van der Waals surface area (Å²) in [5.41, 5.74) is 3.63. The van der Waals surface area contributed by atoms with Gasteiger partial charge < -0.3 is 14.2 Å². The molecule has 0 aliphatic carbocycles. The van der Waals surface area contributed by atoms with E-state index in [1.807, 2.05) is 24.3 Å². The third-order valence-electron chi connectivity index (χ3n) is 5.71. The van der Waals surface area contributed by atoms with Crippen LogP contribution in [0, 0.1) is 5.82 Å². The van der Waals surface area contributed by atoms with Gasteiger partial charge in [0.25, 0.3) is 0 Å². The van der Waals surface area contributed by atoms with Crippen LogP contribution in [0.4, 0.5) is 4.39 Å². The number of rotatable bonds is 9. The van der Waals surface area contributed by atoms with Gasteiger partial charge in [0.1, 0.15) is 23.3 Å². The Morgan fingerprint density at radius 1 is 1.19 bits per heavy atom. The number of likely N-dealkylation sites (N-methyl/N-ethyl adjacent to an activating group) is 1. The average molecular weight is 435 g/mol. The Hall–Kier alpha value is -3.45. The molecule has 1 atom stereocenters. The van der Waals surface area contributed by atoms with Crippen molar-refractivity contribution in [2.45, 2.75) is 31.8 Å². The summed E-state index contributed by atoms with van der Waals surface area (Å²) in [4.78, 5) is 13.4. The molecule has 1 N–H and O–H groups in total. The Balaban J connectivity index is 1.46. The van der Waals surface area contributed by atoms with E-state index in [-0.39, 0.29) is 5.82 Å². The molecule has 0 spiro atoms. The van der Waals surface area contributed by atoms with Crippen LogP contribution in [0.3, 0.4) is 0 Å². The number of carbonyl (C=O) groups is 1. The molecule has 0 saturated heterocycles. The van der Waals surface area contributed by atoms with Crippen molar-refractivity contribution in [2.75, 3.05) is 14.1 Å². The average Bonchev–Trinajstić information content (AvgIpc) is 3.37. The Bertz CT molecular complexity index is 1210. The zero-order chi connectivity index (χ0) is 22.7. The van der Waals surface area contributed by atoms with E-state index >= 15 is 0 Å². The predicted octanol–water partition coefficient (Wildman–Crippen LogP) is 4.63. The van der Waals surface area contributed by atoms with Crippen molar-refractivity contribution in [3.05, 3.63) is 77.9 Å². The second-order valence-electron chi connectivity index (χ2n) is 8.18. The second kappa shape index (κ2) is 9.36. The maximum absolute atomic E-state index is 13.1. The van der Waals surface area contributed by atoms with Gasteiger partial charge in [-0.1, -0.05) is 23.4 Å². The van der Waals surface area contributed by atoms with E-state index in [2.05, 4.69) is 22.0 Å². The minimum Gasteiger partial charge on any atom is -0.480 e. The summed E-state index contributed by atoms with van der Waals surface area (Å²) in [7, 11) is 3.57. The van der Waals surface area contributed by atoms with Crippen LogP contribution in [0.5, 0.6) is 0 Å². The first kappa shape index (κ1) is 21.8. The van der Waals surface area contributed by atoms with Gasteiger partial charge in [0.05, 0.1) is 0 Å². The first-order valence-corrected chi connectivity index (χ1v) is 10.6. The Morgan fingerprint density at radius 2 is 1.94 bits per heavy atom. The number of carboxylic acids is 1. The Morgan fingerprint density at radius 3 is 2.66 bits per heavy atom. The minimum absolute atomic E-state index is 0.281. The summed E-state index contributed by atoms with van der Waals surface area (Å²) in [6.45, 7) is 0.771. The molecule has 4 rings (SSSR count). The zero-order valence-electron chi connectivity index (χ0n) is 18.2. The molecule has 4 aromatic rings. The highest BCUT2D eigenvalue weighted by Crippen LogP contribution is 2.25. The lowest BCUT2D eigenvalue weighted by molar-refractivity contribution is -0.142. The zero-order valence-corrected chi connectivity index (χ0v) is 18.2. The number of hydrogen-bond acceptors (Lipinski definition) is 4. The van der Waals surface area contributed by atoms with Crippen molar-refractivity contribution >= 4 is 16.9 Å². The number of benzene rings is 2. The lowest BCUT2D eigenvalue weighted by atomic mass is 10.0. The summed E-state index contributed by atoms with van der Waals surface area (Å²) in [6.07, 6.45) is 4.06. The molecule has 0 unspecified atom stereocenters. The van der Waals surface area contributed by atoms with Gasteiger partial charge in [0.15, 0.2) is 0 Å². The van der Waals surface area contributed by atoms with Gasteiger partial charge in [-0.2, -0.15) is 0 Å². The number of aliphatic carboxylic acids is 1. The molecule has 7 heteroatoms. The molecule has 0 saturated carbocycles. The normalized spacial score (nSPS) is 12.5. The van der Waals surface area contributed by atoms with Gasteiger partial charge in [-0.25, -0.2) is 4.39 Å². The highest BCUT2D eigenvalue weighted by Gasteiger charge is 2.22. The van der Waals surface area contributed by atoms with Crippen molar-refractivity contribution in [2.24, 2.45) is 0 Å². The summed E-state index contributed by atoms with van der Waals surface area (Å²) in [5, 5.41) is 14.7. The summed E-state index contributed by atoms with van der Waals surface area (Å²) < 4.78 is 20.8. The SMILES string of the molecule is CN(C)[C@@H](Cc1cn(CCCc2cc(-c3ccc(F)cc3)no2)c2ccccc12)C(=O)O. The predicted molar refractivity (Wildman–Crippen MR) is 121 cm³/mol. The Labute approximate surface area is 185 Å². The van der Waals surface area contributed by atoms with Crippen molar-refractivity contribution in [3.63, 3.8) is 0 Å². The van der Waals surface area contributed by atoms with E-state index in [0.29, 0.717) is 18.5 Å². The van der Waals surface area contributed by atoms with E-state index in [4.69, 9.17) is 4.52 Å². The lowest BCUT2D eigenvalue weighted by Gasteiger charge is -2.19. The van der Waals surface area contributed by atoms with Crippen LogP contribution in [0.25, 0.3) is 22.2 Å². The van der Waals surface area contributed by atoms with Crippen LogP contribution in [-0.2, 0) is 24.2 Å². The molecule has 0 aliphatic heterocycles. The number of carboxylic acid groups (broad SMARTS) is 1. The highest BCUT2D eigenvalue weighted by molar-refractivity contribution is 5.85. The number of para-hydroxylation sites is 1. The van der Waals surface area contributed by atoms with Crippen molar-refractivity contribution in [1.29, 1.82) is 0 Å². The standard InChI is InChI=1S/C25H26FN3O3/c1-28(2)24(25(30)31)14-18-16-29(23-8-4-3-7-21(18)23)13-5-6-20-15-22(27-32-20)17-9-11-19(26)12-10-17/h3-4,7-12,15-16,24H,5-6,13-14H2,1-2H3,(H,30,31)/t24-/m0/s1. The molecule has 0 radical (unpaired) electrons. The quantitative estimate of drug-likeness (QED) is 0.415. The maximum Gasteiger partial charge on any atom is 0.321 e. The number of hydrogen-bond donors (Lipinski definition) is 1. The first-order chi connectivity index (χ1) is 15.4. The van der Waals surface area contributed by atoms with E-state index in [1.54, 1.807) is 31.1 Å². The smallest absolute Gasteiger partial charge is 0.321 e. The summed E-state index contributed by atoms with van der Waals surface area (Å²) in [6, 6.07) is 15.6. The van der Waals surface area contributed by atoms with Crippen LogP contribution in [0.2, 0.25) is 0 Å². The van der Waals surface area contributed by atoms with E-state index in [1.165, 1.54) is 12.1 Å².